The molecule has 0 bridgehead atoms. The Balaban J connectivity index is 1.66. The molecule has 30 heavy (non-hydrogen) atoms. The molecule has 0 radical (unpaired) electrons. The number of rotatable bonds is 4. The second-order valence-electron chi connectivity index (χ2n) is 7.01. The summed E-state index contributed by atoms with van der Waals surface area (Å²) in [6, 6.07) is 26.7. The van der Waals surface area contributed by atoms with Crippen LogP contribution in [0.25, 0.3) is 10.9 Å². The number of hydrogen-bond donors (Lipinski definition) is 2. The SMILES string of the molecule is O=CN(c1cc2ccccc2[nH]1)C1N=C(c2ccccc2)c2ccccc2NC1=O. The molecule has 1 aliphatic rings. The fraction of sp³-hybridized carbons (Fsp3) is 0.0417. The van der Waals surface area contributed by atoms with Gasteiger partial charge in [0.2, 0.25) is 12.6 Å². The number of aliphatic imine (C=N–C) groups is 1. The van der Waals surface area contributed by atoms with Gasteiger partial charge in [-0.15, -0.1) is 0 Å². The van der Waals surface area contributed by atoms with Crippen LogP contribution in [0.1, 0.15) is 11.1 Å². The van der Waals surface area contributed by atoms with Gasteiger partial charge in [0.15, 0.2) is 0 Å². The molecule has 1 aromatic heterocycles. The lowest BCUT2D eigenvalue weighted by Gasteiger charge is -2.22. The minimum atomic E-state index is -1.06. The van der Waals surface area contributed by atoms with Gasteiger partial charge in [0.1, 0.15) is 5.82 Å². The Hall–Kier alpha value is -4.19. The van der Waals surface area contributed by atoms with Crippen molar-refractivity contribution >= 4 is 40.4 Å². The van der Waals surface area contributed by atoms with Gasteiger partial charge in [-0.25, -0.2) is 4.99 Å². The highest BCUT2D eigenvalue weighted by molar-refractivity contribution is 6.20. The van der Waals surface area contributed by atoms with Gasteiger partial charge < -0.3 is 10.3 Å². The molecule has 0 saturated carbocycles. The first-order valence-corrected chi connectivity index (χ1v) is 9.59. The first-order valence-electron chi connectivity index (χ1n) is 9.59. The summed E-state index contributed by atoms with van der Waals surface area (Å²) < 4.78 is 0. The Morgan fingerprint density at radius 2 is 1.63 bits per heavy atom. The van der Waals surface area contributed by atoms with Crippen molar-refractivity contribution in [3.63, 3.8) is 0 Å². The molecule has 1 aliphatic heterocycles. The summed E-state index contributed by atoms with van der Waals surface area (Å²) in [7, 11) is 0. The monoisotopic (exact) mass is 394 g/mol. The fourth-order valence-corrected chi connectivity index (χ4v) is 3.70. The molecule has 0 fully saturated rings. The lowest BCUT2D eigenvalue weighted by atomic mass is 10.0. The van der Waals surface area contributed by atoms with E-state index in [4.69, 9.17) is 4.99 Å². The molecule has 0 aliphatic carbocycles. The molecule has 1 unspecified atom stereocenters. The maximum Gasteiger partial charge on any atom is 0.270 e. The number of H-pyrrole nitrogens is 1. The minimum absolute atomic E-state index is 0.376. The number of benzene rings is 3. The predicted molar refractivity (Wildman–Crippen MR) is 118 cm³/mol. The standard InChI is InChI=1S/C24H18N4O2/c29-15-28(21-14-17-10-4-6-12-19(17)25-21)23-24(30)26-20-13-7-5-11-18(20)22(27-23)16-8-2-1-3-9-16/h1-15,23,25H,(H,26,30). The average molecular weight is 394 g/mol. The van der Waals surface area contributed by atoms with E-state index < -0.39 is 6.17 Å². The lowest BCUT2D eigenvalue weighted by molar-refractivity contribution is -0.119. The number of para-hydroxylation sites is 2. The molecule has 5 rings (SSSR count). The number of nitrogens with one attached hydrogen (secondary N) is 2. The van der Waals surface area contributed by atoms with Gasteiger partial charge in [0.25, 0.3) is 5.91 Å². The zero-order valence-electron chi connectivity index (χ0n) is 15.9. The largest absolute Gasteiger partial charge is 0.341 e. The Morgan fingerprint density at radius 1 is 0.900 bits per heavy atom. The van der Waals surface area contributed by atoms with Gasteiger partial charge in [-0.05, 0) is 18.2 Å². The lowest BCUT2D eigenvalue weighted by Crippen LogP contribution is -2.42. The quantitative estimate of drug-likeness (QED) is 0.514. The Morgan fingerprint density at radius 3 is 2.43 bits per heavy atom. The van der Waals surface area contributed by atoms with E-state index in [0.29, 0.717) is 23.6 Å². The summed E-state index contributed by atoms with van der Waals surface area (Å²) in [5, 5.41) is 3.87. The van der Waals surface area contributed by atoms with Crippen LogP contribution in [-0.2, 0) is 9.59 Å². The molecule has 2 heterocycles. The highest BCUT2D eigenvalue weighted by Crippen LogP contribution is 2.28. The van der Waals surface area contributed by atoms with Crippen LogP contribution in [0.2, 0.25) is 0 Å². The zero-order chi connectivity index (χ0) is 20.5. The van der Waals surface area contributed by atoms with E-state index >= 15 is 0 Å². The van der Waals surface area contributed by atoms with Crippen LogP contribution in [0.3, 0.4) is 0 Å². The molecule has 0 spiro atoms. The fourth-order valence-electron chi connectivity index (χ4n) is 3.70. The van der Waals surface area contributed by atoms with Crippen LogP contribution in [0, 0.1) is 0 Å². The van der Waals surface area contributed by atoms with Crippen molar-refractivity contribution in [3.8, 4) is 0 Å². The van der Waals surface area contributed by atoms with Gasteiger partial charge in [0, 0.05) is 22.0 Å². The van der Waals surface area contributed by atoms with Crippen molar-refractivity contribution in [2.24, 2.45) is 4.99 Å². The summed E-state index contributed by atoms with van der Waals surface area (Å²) in [4.78, 5) is 34.5. The second kappa shape index (κ2) is 7.33. The van der Waals surface area contributed by atoms with E-state index in [2.05, 4.69) is 10.3 Å². The second-order valence-corrected chi connectivity index (χ2v) is 7.01. The molecule has 146 valence electrons. The Bertz CT molecular complexity index is 1240. The minimum Gasteiger partial charge on any atom is -0.341 e. The predicted octanol–water partition coefficient (Wildman–Crippen LogP) is 3.95. The van der Waals surface area contributed by atoms with Crippen LogP contribution in [0.4, 0.5) is 11.5 Å². The molecule has 3 aromatic carbocycles. The van der Waals surface area contributed by atoms with Gasteiger partial charge in [0.05, 0.1) is 11.4 Å². The van der Waals surface area contributed by atoms with E-state index in [-0.39, 0.29) is 5.91 Å². The molecule has 6 nitrogen and oxygen atoms in total. The molecule has 4 aromatic rings. The van der Waals surface area contributed by atoms with Crippen molar-refractivity contribution in [3.05, 3.63) is 96.1 Å². The summed E-state index contributed by atoms with van der Waals surface area (Å²) in [5.74, 6) is 0.132. The molecule has 0 saturated heterocycles. The van der Waals surface area contributed by atoms with Crippen molar-refractivity contribution in [2.75, 3.05) is 10.2 Å². The van der Waals surface area contributed by atoms with Crippen LogP contribution >= 0.6 is 0 Å². The average Bonchev–Trinajstić information content (AvgIpc) is 3.15. The number of aromatic nitrogens is 1. The normalized spacial score (nSPS) is 15.7. The number of hydrogen-bond acceptors (Lipinski definition) is 3. The van der Waals surface area contributed by atoms with Crippen LogP contribution in [0.5, 0.6) is 0 Å². The first kappa shape index (κ1) is 17.9. The van der Waals surface area contributed by atoms with Crippen LogP contribution < -0.4 is 10.2 Å². The van der Waals surface area contributed by atoms with Gasteiger partial charge in [-0.3, -0.25) is 14.5 Å². The summed E-state index contributed by atoms with van der Waals surface area (Å²) in [5.41, 5.74) is 3.87. The highest BCUT2D eigenvalue weighted by atomic mass is 16.2. The molecular formula is C24H18N4O2. The summed E-state index contributed by atoms with van der Waals surface area (Å²) >= 11 is 0. The number of aromatic amines is 1. The topological polar surface area (TPSA) is 77.6 Å². The number of benzodiazepines with no additional fused rings is 1. The van der Waals surface area contributed by atoms with Gasteiger partial charge >= 0.3 is 0 Å². The van der Waals surface area contributed by atoms with E-state index in [1.54, 1.807) is 0 Å². The summed E-state index contributed by atoms with van der Waals surface area (Å²) in [6.45, 7) is 0. The third-order valence-electron chi connectivity index (χ3n) is 5.14. The number of fused-ring (bicyclic) bond motifs is 2. The summed E-state index contributed by atoms with van der Waals surface area (Å²) in [6.07, 6.45) is -0.421. The van der Waals surface area contributed by atoms with Crippen molar-refractivity contribution in [2.45, 2.75) is 6.17 Å². The number of anilines is 2. The molecule has 1 atom stereocenters. The smallest absolute Gasteiger partial charge is 0.270 e. The molecule has 2 N–H and O–H groups in total. The molecular weight excluding hydrogens is 376 g/mol. The number of carbonyl (C=O) groups is 2. The maximum absolute atomic E-state index is 13.1. The highest BCUT2D eigenvalue weighted by Gasteiger charge is 2.31. The van der Waals surface area contributed by atoms with Crippen LogP contribution in [-0.4, -0.2) is 29.2 Å². The van der Waals surface area contributed by atoms with E-state index in [1.807, 2.05) is 84.9 Å². The number of amides is 2. The molecule has 6 heteroatoms. The van der Waals surface area contributed by atoms with Crippen LogP contribution in [0.15, 0.2) is 89.9 Å². The van der Waals surface area contributed by atoms with Gasteiger partial charge in [-0.2, -0.15) is 0 Å². The van der Waals surface area contributed by atoms with Crippen molar-refractivity contribution < 1.29 is 9.59 Å². The first-order chi connectivity index (χ1) is 14.7. The zero-order valence-corrected chi connectivity index (χ0v) is 15.9. The number of nitrogens with zero attached hydrogens (tertiary/aromatic N) is 2. The van der Waals surface area contributed by atoms with E-state index in [0.717, 1.165) is 22.0 Å². The van der Waals surface area contributed by atoms with E-state index in [1.165, 1.54) is 4.90 Å². The Labute approximate surface area is 172 Å². The Kier molecular flexibility index (Phi) is 4.37. The van der Waals surface area contributed by atoms with Crippen molar-refractivity contribution in [1.29, 1.82) is 0 Å². The number of carbonyl (C=O) groups excluding carboxylic acids is 2. The third kappa shape index (κ3) is 3.04. The maximum atomic E-state index is 13.1. The van der Waals surface area contributed by atoms with Crippen molar-refractivity contribution in [1.82, 2.24) is 4.98 Å². The molecule has 2 amide bonds. The third-order valence-corrected chi connectivity index (χ3v) is 5.14. The van der Waals surface area contributed by atoms with Gasteiger partial charge in [-0.1, -0.05) is 66.7 Å². The van der Waals surface area contributed by atoms with E-state index in [9.17, 15) is 9.59 Å².